The molecule has 2 aromatic heterocycles. The number of nitrogens with zero attached hydrogens (tertiary/aromatic N) is 3. The smallest absolute Gasteiger partial charge is 0.241 e. The summed E-state index contributed by atoms with van der Waals surface area (Å²) < 4.78 is 19.3. The van der Waals surface area contributed by atoms with Gasteiger partial charge < -0.3 is 4.52 Å². The molecule has 144 valence electrons. The number of anilines is 1. The normalized spacial score (nSPS) is 10.7. The van der Waals surface area contributed by atoms with E-state index in [1.807, 2.05) is 6.07 Å². The summed E-state index contributed by atoms with van der Waals surface area (Å²) in [5.41, 5.74) is 2.29. The number of nitrogens with one attached hydrogen (secondary N) is 1. The largest absolute Gasteiger partial charge is 0.337 e. The van der Waals surface area contributed by atoms with Gasteiger partial charge in [-0.15, -0.1) is 0 Å². The van der Waals surface area contributed by atoms with Gasteiger partial charge in [0.25, 0.3) is 0 Å². The predicted molar refractivity (Wildman–Crippen MR) is 107 cm³/mol. The number of carbonyl (C=O) groups is 1. The van der Waals surface area contributed by atoms with Crippen LogP contribution in [0, 0.1) is 5.82 Å². The van der Waals surface area contributed by atoms with Gasteiger partial charge in [-0.1, -0.05) is 53.2 Å². The van der Waals surface area contributed by atoms with E-state index in [0.717, 1.165) is 0 Å². The van der Waals surface area contributed by atoms with Crippen molar-refractivity contribution in [3.05, 3.63) is 83.5 Å². The Hall–Kier alpha value is -3.58. The lowest BCUT2D eigenvalue weighted by Gasteiger charge is -2.07. The third-order valence-corrected chi connectivity index (χ3v) is 4.55. The molecule has 0 saturated carbocycles. The maximum atomic E-state index is 13.9. The van der Waals surface area contributed by atoms with E-state index in [1.54, 1.807) is 48.7 Å². The maximum absolute atomic E-state index is 13.9. The van der Waals surface area contributed by atoms with Crippen molar-refractivity contribution in [3.63, 3.8) is 0 Å². The minimum atomic E-state index is -0.452. The first-order valence-electron chi connectivity index (χ1n) is 8.67. The predicted octanol–water partition coefficient (Wildman–Crippen LogP) is 4.77. The highest BCUT2D eigenvalue weighted by Gasteiger charge is 2.23. The Morgan fingerprint density at radius 1 is 1.10 bits per heavy atom. The summed E-state index contributed by atoms with van der Waals surface area (Å²) in [6, 6.07) is 14.9. The lowest BCUT2D eigenvalue weighted by atomic mass is 10.0. The fourth-order valence-corrected chi connectivity index (χ4v) is 3.10. The summed E-state index contributed by atoms with van der Waals surface area (Å²) in [5, 5.41) is 7.22. The van der Waals surface area contributed by atoms with E-state index in [2.05, 4.69) is 20.4 Å². The average Bonchev–Trinajstić information content (AvgIpc) is 3.14. The molecule has 6 nitrogen and oxygen atoms in total. The molecule has 8 heteroatoms. The zero-order valence-corrected chi connectivity index (χ0v) is 15.7. The number of benzene rings is 2. The van der Waals surface area contributed by atoms with E-state index >= 15 is 0 Å². The van der Waals surface area contributed by atoms with Crippen LogP contribution >= 0.6 is 11.6 Å². The summed E-state index contributed by atoms with van der Waals surface area (Å²) in [7, 11) is 0. The molecular formula is C21H14ClFN4O2. The van der Waals surface area contributed by atoms with Gasteiger partial charge in [-0.2, -0.15) is 0 Å². The van der Waals surface area contributed by atoms with Crippen LogP contribution in [0.25, 0.3) is 22.5 Å². The molecule has 0 bridgehead atoms. The fraction of sp³-hybridized carbons (Fsp3) is 0.0476. The lowest BCUT2D eigenvalue weighted by Crippen LogP contribution is -2.15. The third-order valence-electron chi connectivity index (χ3n) is 4.22. The fourth-order valence-electron chi connectivity index (χ4n) is 2.87. The van der Waals surface area contributed by atoms with Crippen molar-refractivity contribution in [2.75, 3.05) is 5.32 Å². The van der Waals surface area contributed by atoms with Gasteiger partial charge in [0, 0.05) is 11.8 Å². The highest BCUT2D eigenvalue weighted by molar-refractivity contribution is 6.33. The molecule has 0 spiro atoms. The number of rotatable bonds is 5. The third kappa shape index (κ3) is 4.00. The Bertz CT molecular complexity index is 1160. The van der Waals surface area contributed by atoms with Crippen LogP contribution in [0.3, 0.4) is 0 Å². The van der Waals surface area contributed by atoms with Crippen LogP contribution in [0.15, 0.2) is 71.6 Å². The molecule has 2 heterocycles. The number of carbonyl (C=O) groups excluding carboxylic acids is 1. The summed E-state index contributed by atoms with van der Waals surface area (Å²) in [6.07, 6.45) is 2.79. The molecule has 0 aliphatic rings. The Kier molecular flexibility index (Phi) is 5.31. The van der Waals surface area contributed by atoms with Crippen LogP contribution in [-0.2, 0) is 11.2 Å². The second kappa shape index (κ2) is 8.20. The molecule has 1 N–H and O–H groups in total. The van der Waals surface area contributed by atoms with Crippen molar-refractivity contribution in [2.45, 2.75) is 6.42 Å². The van der Waals surface area contributed by atoms with Crippen LogP contribution in [0.5, 0.6) is 0 Å². The molecular weight excluding hydrogens is 395 g/mol. The maximum Gasteiger partial charge on any atom is 0.241 e. The SMILES string of the molecule is O=C(Cc1ccccc1F)Nc1onc(-c2ccccc2Cl)c1-c1ccncn1. The number of amides is 1. The summed E-state index contributed by atoms with van der Waals surface area (Å²) in [5.74, 6) is -0.805. The van der Waals surface area contributed by atoms with Crippen molar-refractivity contribution in [1.29, 1.82) is 0 Å². The van der Waals surface area contributed by atoms with E-state index in [0.29, 0.717) is 27.5 Å². The van der Waals surface area contributed by atoms with Gasteiger partial charge in [0.15, 0.2) is 0 Å². The first-order valence-corrected chi connectivity index (χ1v) is 9.05. The molecule has 0 aliphatic heterocycles. The summed E-state index contributed by atoms with van der Waals surface area (Å²) in [6.45, 7) is 0. The zero-order valence-electron chi connectivity index (χ0n) is 15.0. The molecule has 1 amide bonds. The van der Waals surface area contributed by atoms with Gasteiger partial charge in [0.1, 0.15) is 17.8 Å². The minimum Gasteiger partial charge on any atom is -0.337 e. The Balaban J connectivity index is 1.71. The molecule has 29 heavy (non-hydrogen) atoms. The van der Waals surface area contributed by atoms with Crippen LogP contribution in [0.2, 0.25) is 5.02 Å². The second-order valence-electron chi connectivity index (χ2n) is 6.13. The Morgan fingerprint density at radius 2 is 1.90 bits per heavy atom. The minimum absolute atomic E-state index is 0.0972. The zero-order chi connectivity index (χ0) is 20.2. The number of halogens is 2. The van der Waals surface area contributed by atoms with E-state index < -0.39 is 11.7 Å². The molecule has 0 atom stereocenters. The first-order chi connectivity index (χ1) is 14.1. The summed E-state index contributed by atoms with van der Waals surface area (Å²) in [4.78, 5) is 20.7. The Morgan fingerprint density at radius 3 is 2.66 bits per heavy atom. The van der Waals surface area contributed by atoms with Crippen molar-refractivity contribution in [3.8, 4) is 22.5 Å². The second-order valence-corrected chi connectivity index (χ2v) is 6.53. The number of hydrogen-bond donors (Lipinski definition) is 1. The number of aromatic nitrogens is 3. The van der Waals surface area contributed by atoms with Crippen molar-refractivity contribution < 1.29 is 13.7 Å². The van der Waals surface area contributed by atoms with Crippen LogP contribution in [0.4, 0.5) is 10.3 Å². The highest BCUT2D eigenvalue weighted by atomic mass is 35.5. The quantitative estimate of drug-likeness (QED) is 0.514. The Labute approximate surface area is 170 Å². The van der Waals surface area contributed by atoms with E-state index in [1.165, 1.54) is 12.4 Å². The topological polar surface area (TPSA) is 80.9 Å². The molecule has 0 unspecified atom stereocenters. The van der Waals surface area contributed by atoms with Crippen molar-refractivity contribution >= 4 is 23.4 Å². The van der Waals surface area contributed by atoms with E-state index in [-0.39, 0.29) is 17.9 Å². The molecule has 0 radical (unpaired) electrons. The molecule has 0 fully saturated rings. The highest BCUT2D eigenvalue weighted by Crippen LogP contribution is 2.39. The average molecular weight is 409 g/mol. The van der Waals surface area contributed by atoms with Crippen LogP contribution in [-0.4, -0.2) is 21.0 Å². The molecule has 0 saturated heterocycles. The number of hydrogen-bond acceptors (Lipinski definition) is 5. The summed E-state index contributed by atoms with van der Waals surface area (Å²) >= 11 is 6.31. The standard InChI is InChI=1S/C21H14ClFN4O2/c22-15-7-3-2-6-14(15)20-19(17-9-10-24-12-25-17)21(29-27-20)26-18(28)11-13-5-1-4-8-16(13)23/h1-10,12H,11H2,(H,26,28). The van der Waals surface area contributed by atoms with Crippen molar-refractivity contribution in [2.24, 2.45) is 0 Å². The molecule has 2 aromatic carbocycles. The van der Waals surface area contributed by atoms with Gasteiger partial charge in [-0.05, 0) is 23.8 Å². The molecule has 4 aromatic rings. The van der Waals surface area contributed by atoms with Crippen LogP contribution in [0.1, 0.15) is 5.56 Å². The van der Waals surface area contributed by atoms with E-state index in [9.17, 15) is 9.18 Å². The van der Waals surface area contributed by atoms with Gasteiger partial charge in [0.05, 0.1) is 22.7 Å². The molecule has 0 aliphatic carbocycles. The van der Waals surface area contributed by atoms with Gasteiger partial charge in [-0.25, -0.2) is 14.4 Å². The van der Waals surface area contributed by atoms with Crippen molar-refractivity contribution in [1.82, 2.24) is 15.1 Å². The van der Waals surface area contributed by atoms with Gasteiger partial charge >= 0.3 is 0 Å². The lowest BCUT2D eigenvalue weighted by molar-refractivity contribution is -0.115. The first kappa shape index (κ1) is 18.8. The van der Waals surface area contributed by atoms with Gasteiger partial charge in [-0.3, -0.25) is 10.1 Å². The van der Waals surface area contributed by atoms with Crippen LogP contribution < -0.4 is 5.32 Å². The monoisotopic (exact) mass is 408 g/mol. The van der Waals surface area contributed by atoms with Gasteiger partial charge in [0.2, 0.25) is 11.8 Å². The van der Waals surface area contributed by atoms with E-state index in [4.69, 9.17) is 16.1 Å². The molecule has 4 rings (SSSR count).